The topological polar surface area (TPSA) is 20.3 Å². The summed E-state index contributed by atoms with van der Waals surface area (Å²) < 4.78 is 0. The second-order valence-electron chi connectivity index (χ2n) is 4.38. The molecule has 0 saturated carbocycles. The van der Waals surface area contributed by atoms with Gasteiger partial charge in [0.05, 0.1) is 0 Å². The van der Waals surface area contributed by atoms with Crippen LogP contribution in [0.15, 0.2) is 35.5 Å². The Morgan fingerprint density at radius 2 is 1.94 bits per heavy atom. The van der Waals surface area contributed by atoms with Crippen molar-refractivity contribution in [3.05, 3.63) is 41.4 Å². The Hall–Kier alpha value is -2.44. The first-order valence-electron chi connectivity index (χ1n) is 5.33. The molecular formula is C13H16LrNO-. The van der Waals surface area contributed by atoms with Crippen molar-refractivity contribution in [2.45, 2.75) is 26.8 Å². The molecule has 95 valence electrons. The normalized spacial score (nSPS) is 19.1. The van der Waals surface area contributed by atoms with Gasteiger partial charge in [0.25, 0.3) is 0 Å². The van der Waals surface area contributed by atoms with Gasteiger partial charge in [0, 0.05) is 12.6 Å². The number of allylic oxidation sites excluding steroid dienone is 2. The first-order valence-corrected chi connectivity index (χ1v) is 5.33. The van der Waals surface area contributed by atoms with Gasteiger partial charge >= 0.3 is 0 Å². The fourth-order valence-corrected chi connectivity index (χ4v) is 1.87. The summed E-state index contributed by atoms with van der Waals surface area (Å²) in [4.78, 5) is 13.9. The Morgan fingerprint density at radius 3 is 2.56 bits per heavy atom. The number of carbonyl (C=O) groups excluding carboxylic acids is 1. The summed E-state index contributed by atoms with van der Waals surface area (Å²) in [5.74, 6) is 1.35. The van der Waals surface area contributed by atoms with Gasteiger partial charge < -0.3 is 4.90 Å². The fourth-order valence-electron chi connectivity index (χ4n) is 1.87. The molecule has 1 radical (unpaired) electrons. The van der Waals surface area contributed by atoms with Gasteiger partial charge in [-0.3, -0.25) is 4.79 Å². The first-order chi connectivity index (χ1) is 7.09. The summed E-state index contributed by atoms with van der Waals surface area (Å²) in [5.41, 5.74) is 2.00. The fraction of sp³-hybridized carbons (Fsp3) is 0.385. The molecule has 0 spiro atoms. The van der Waals surface area contributed by atoms with Crippen LogP contribution in [-0.2, 0) is 4.79 Å². The van der Waals surface area contributed by atoms with Crippen molar-refractivity contribution in [1.29, 1.82) is 0 Å². The van der Waals surface area contributed by atoms with E-state index in [0.717, 1.165) is 17.7 Å². The van der Waals surface area contributed by atoms with Gasteiger partial charge in [-0.15, -0.1) is 6.08 Å². The maximum absolute atomic E-state index is 12.0. The van der Waals surface area contributed by atoms with Gasteiger partial charge in [-0.05, 0) is 19.4 Å². The predicted molar refractivity (Wildman–Crippen MR) is 61.1 cm³/mol. The van der Waals surface area contributed by atoms with Gasteiger partial charge in [0.2, 0.25) is 5.91 Å². The molecule has 0 aromatic rings. The Kier molecular flexibility index (Phi) is 2.89. The molecule has 0 aromatic carbocycles. The zero-order valence-corrected chi connectivity index (χ0v) is 11.9. The SMILES string of the molecule is C[C-]1C=CC2=C(C=C1)C(=O)N(C(C)C)C2.[Lr]. The van der Waals surface area contributed by atoms with Gasteiger partial charge in [-0.25, -0.2) is 0 Å². The summed E-state index contributed by atoms with van der Waals surface area (Å²) in [6.07, 6.45) is 8.07. The van der Waals surface area contributed by atoms with E-state index in [1.54, 1.807) is 0 Å². The van der Waals surface area contributed by atoms with Crippen molar-refractivity contribution in [2.75, 3.05) is 6.54 Å². The number of nitrogens with zero attached hydrogens (tertiary/aromatic N) is 1. The Balaban J connectivity index is 0.00000128. The molecule has 1 aliphatic heterocycles. The number of rotatable bonds is 1. The third kappa shape index (κ3) is 1.70. The number of amides is 1. The molecule has 1 amide bonds. The minimum absolute atomic E-state index is 0. The molecule has 3 heteroatoms. The van der Waals surface area contributed by atoms with Gasteiger partial charge in [0.15, 0.2) is 0 Å². The molecule has 16 heavy (non-hydrogen) atoms. The number of hydrogen-bond acceptors (Lipinski definition) is 1. The monoisotopic (exact) mass is 464 g/mol. The van der Waals surface area contributed by atoms with Crippen molar-refractivity contribution in [1.82, 2.24) is 4.90 Å². The molecule has 2 aliphatic rings. The molecular weight excluding hydrogens is 448 g/mol. The van der Waals surface area contributed by atoms with E-state index in [4.69, 9.17) is 0 Å². The first kappa shape index (κ1) is 11.6. The molecule has 2 rings (SSSR count). The molecule has 0 unspecified atom stereocenters. The van der Waals surface area contributed by atoms with E-state index in [2.05, 4.69) is 26.0 Å². The van der Waals surface area contributed by atoms with Gasteiger partial charge in [0.1, 0.15) is 0 Å². The van der Waals surface area contributed by atoms with E-state index < -0.39 is 0 Å². The summed E-state index contributed by atoms with van der Waals surface area (Å²) in [7, 11) is 0. The Bertz CT molecular complexity index is 379. The van der Waals surface area contributed by atoms with Gasteiger partial charge in [-0.1, -0.05) is 12.5 Å². The minimum Gasteiger partial charge on any atom is -0.334 e. The summed E-state index contributed by atoms with van der Waals surface area (Å²) in [5, 5.41) is 0. The largest absolute Gasteiger partial charge is 0.334 e. The standard InChI is InChI=1S/C13H16NO.Lr/c1-9(2)14-8-11-6-4-10(3)5-7-12(11)13(14)15;/h4-7,9H,8H2,1-3H3;/q-1;. The zero-order valence-electron chi connectivity index (χ0n) is 9.71. The van der Waals surface area contributed by atoms with Crippen molar-refractivity contribution < 1.29 is 4.79 Å². The molecule has 0 atom stereocenters. The van der Waals surface area contributed by atoms with Crippen molar-refractivity contribution in [2.24, 2.45) is 0 Å². The van der Waals surface area contributed by atoms with Crippen molar-refractivity contribution >= 4 is 5.91 Å². The third-order valence-corrected chi connectivity index (χ3v) is 2.86. The Labute approximate surface area is 91.0 Å². The van der Waals surface area contributed by atoms with E-state index in [-0.39, 0.29) is 11.9 Å². The Morgan fingerprint density at radius 1 is 1.31 bits per heavy atom. The van der Waals surface area contributed by atoms with Crippen LogP contribution < -0.4 is 0 Å². The molecule has 0 N–H and O–H groups in total. The summed E-state index contributed by atoms with van der Waals surface area (Å²) in [6.45, 7) is 6.89. The van der Waals surface area contributed by atoms with Crippen LogP contribution in [0, 0.1) is 5.92 Å². The maximum atomic E-state index is 12.0. The third-order valence-electron chi connectivity index (χ3n) is 2.86. The van der Waals surface area contributed by atoms with Crippen LogP contribution in [0.1, 0.15) is 20.8 Å². The van der Waals surface area contributed by atoms with Crippen LogP contribution in [0.3, 0.4) is 0 Å². The van der Waals surface area contributed by atoms with Gasteiger partial charge in [-0.2, -0.15) is 24.1 Å². The van der Waals surface area contributed by atoms with Crippen LogP contribution in [0.5, 0.6) is 0 Å². The molecule has 0 saturated heterocycles. The van der Waals surface area contributed by atoms with E-state index in [0.29, 0.717) is 0 Å². The number of hydrogen-bond donors (Lipinski definition) is 0. The van der Waals surface area contributed by atoms with E-state index in [9.17, 15) is 4.79 Å². The second-order valence-corrected chi connectivity index (χ2v) is 4.38. The summed E-state index contributed by atoms with van der Waals surface area (Å²) >= 11 is 0. The minimum atomic E-state index is 0. The summed E-state index contributed by atoms with van der Waals surface area (Å²) in [6, 6.07) is 0.274. The average Bonchev–Trinajstić information content (AvgIpc) is 2.37. The van der Waals surface area contributed by atoms with Crippen LogP contribution in [-0.4, -0.2) is 23.4 Å². The molecule has 1 aliphatic carbocycles. The quantitative estimate of drug-likeness (QED) is 0.546. The van der Waals surface area contributed by atoms with Crippen LogP contribution >= 0.6 is 0 Å². The van der Waals surface area contributed by atoms with E-state index in [1.807, 2.05) is 24.0 Å². The van der Waals surface area contributed by atoms with Crippen LogP contribution in [0.25, 0.3) is 0 Å². The second kappa shape index (κ2) is 3.97. The number of carbonyl (C=O) groups is 1. The van der Waals surface area contributed by atoms with E-state index >= 15 is 0 Å². The van der Waals surface area contributed by atoms with Crippen LogP contribution in [0.2, 0.25) is 0 Å². The van der Waals surface area contributed by atoms with E-state index in [1.165, 1.54) is 5.92 Å². The molecule has 1 heterocycles. The molecule has 0 bridgehead atoms. The average molecular weight is 464 g/mol. The zero-order chi connectivity index (χ0) is 11.0. The predicted octanol–water partition coefficient (Wildman–Crippen LogP) is 2.25. The van der Waals surface area contributed by atoms with Crippen molar-refractivity contribution in [3.8, 4) is 0 Å². The smallest absolute Gasteiger partial charge is 0.241 e. The molecule has 2 nitrogen and oxygen atoms in total. The van der Waals surface area contributed by atoms with Crippen LogP contribution in [0.4, 0.5) is 0 Å². The van der Waals surface area contributed by atoms with Crippen molar-refractivity contribution in [3.63, 3.8) is 0 Å². The maximum Gasteiger partial charge on any atom is 0.241 e. The molecule has 0 aromatic heterocycles. The molecule has 0 fully saturated rings.